The third-order valence-corrected chi connectivity index (χ3v) is 3.84. The van der Waals surface area contributed by atoms with Crippen LogP contribution in [0.2, 0.25) is 10.0 Å². The Morgan fingerprint density at radius 3 is 2.68 bits per heavy atom. The third-order valence-electron chi connectivity index (χ3n) is 3.01. The zero-order valence-corrected chi connectivity index (χ0v) is 13.2. The number of benzene rings is 1. The second-order valence-electron chi connectivity index (χ2n) is 4.64. The number of hydrogen-bond acceptors (Lipinski definition) is 2. The van der Waals surface area contributed by atoms with E-state index in [4.69, 9.17) is 27.9 Å². The number of rotatable bonds is 9. The van der Waals surface area contributed by atoms with Gasteiger partial charge in [0.1, 0.15) is 0 Å². The molecule has 0 aromatic heterocycles. The summed E-state index contributed by atoms with van der Waals surface area (Å²) >= 11 is 12.2. The predicted molar refractivity (Wildman–Crippen MR) is 83.2 cm³/mol. The number of hydrogen-bond donors (Lipinski definition) is 1. The van der Waals surface area contributed by atoms with Gasteiger partial charge in [-0.15, -0.1) is 0 Å². The van der Waals surface area contributed by atoms with Crippen molar-refractivity contribution >= 4 is 23.2 Å². The summed E-state index contributed by atoms with van der Waals surface area (Å²) < 4.78 is 5.52. The number of nitrogens with one attached hydrogen (secondary N) is 1. The Morgan fingerprint density at radius 1 is 1.21 bits per heavy atom. The molecule has 0 aliphatic carbocycles. The van der Waals surface area contributed by atoms with E-state index < -0.39 is 0 Å². The van der Waals surface area contributed by atoms with E-state index in [9.17, 15) is 0 Å². The van der Waals surface area contributed by atoms with E-state index in [1.54, 1.807) is 0 Å². The SMILES string of the molecule is CCCCOCCCNC(C)c1cccc(Cl)c1Cl. The van der Waals surface area contributed by atoms with Crippen molar-refractivity contribution < 1.29 is 4.74 Å². The Balaban J connectivity index is 2.24. The smallest absolute Gasteiger partial charge is 0.0639 e. The van der Waals surface area contributed by atoms with Crippen molar-refractivity contribution in [3.05, 3.63) is 33.8 Å². The van der Waals surface area contributed by atoms with Crippen LogP contribution in [0.4, 0.5) is 0 Å². The van der Waals surface area contributed by atoms with Crippen LogP contribution in [0.25, 0.3) is 0 Å². The maximum absolute atomic E-state index is 6.19. The molecule has 19 heavy (non-hydrogen) atoms. The van der Waals surface area contributed by atoms with Crippen LogP contribution in [-0.2, 0) is 4.74 Å². The van der Waals surface area contributed by atoms with Gasteiger partial charge in [0.05, 0.1) is 10.0 Å². The van der Waals surface area contributed by atoms with Crippen molar-refractivity contribution in [1.29, 1.82) is 0 Å². The minimum atomic E-state index is 0.196. The summed E-state index contributed by atoms with van der Waals surface area (Å²) in [6.45, 7) is 6.85. The van der Waals surface area contributed by atoms with E-state index in [2.05, 4.69) is 19.2 Å². The zero-order chi connectivity index (χ0) is 14.1. The summed E-state index contributed by atoms with van der Waals surface area (Å²) in [6, 6.07) is 5.93. The van der Waals surface area contributed by atoms with Gasteiger partial charge >= 0.3 is 0 Å². The summed E-state index contributed by atoms with van der Waals surface area (Å²) in [7, 11) is 0. The first-order valence-corrected chi connectivity index (χ1v) is 7.67. The van der Waals surface area contributed by atoms with Gasteiger partial charge in [-0.2, -0.15) is 0 Å². The highest BCUT2D eigenvalue weighted by Crippen LogP contribution is 2.29. The molecule has 1 unspecified atom stereocenters. The highest BCUT2D eigenvalue weighted by molar-refractivity contribution is 6.42. The van der Waals surface area contributed by atoms with Crippen molar-refractivity contribution in [2.45, 2.75) is 39.2 Å². The minimum Gasteiger partial charge on any atom is -0.381 e. The largest absolute Gasteiger partial charge is 0.381 e. The van der Waals surface area contributed by atoms with Crippen LogP contribution in [-0.4, -0.2) is 19.8 Å². The Morgan fingerprint density at radius 2 is 1.95 bits per heavy atom. The summed E-state index contributed by atoms with van der Waals surface area (Å²) in [5.74, 6) is 0. The van der Waals surface area contributed by atoms with Crippen LogP contribution >= 0.6 is 23.2 Å². The molecule has 0 heterocycles. The van der Waals surface area contributed by atoms with E-state index in [1.165, 1.54) is 6.42 Å². The molecule has 1 rings (SSSR count). The fourth-order valence-corrected chi connectivity index (χ4v) is 2.28. The summed E-state index contributed by atoms with van der Waals surface area (Å²) in [6.07, 6.45) is 3.33. The molecule has 0 spiro atoms. The second-order valence-corrected chi connectivity index (χ2v) is 5.42. The summed E-state index contributed by atoms with van der Waals surface area (Å²) in [5, 5.41) is 4.68. The quantitative estimate of drug-likeness (QED) is 0.658. The first-order valence-electron chi connectivity index (χ1n) is 6.91. The van der Waals surface area contributed by atoms with Gasteiger partial charge in [0, 0.05) is 19.3 Å². The van der Waals surface area contributed by atoms with Crippen LogP contribution in [0.5, 0.6) is 0 Å². The predicted octanol–water partition coefficient (Wildman–Crippen LogP) is 4.85. The fourth-order valence-electron chi connectivity index (χ4n) is 1.81. The topological polar surface area (TPSA) is 21.3 Å². The van der Waals surface area contributed by atoms with E-state index >= 15 is 0 Å². The lowest BCUT2D eigenvalue weighted by molar-refractivity contribution is 0.128. The summed E-state index contributed by atoms with van der Waals surface area (Å²) in [4.78, 5) is 0. The molecule has 0 amide bonds. The van der Waals surface area contributed by atoms with E-state index in [-0.39, 0.29) is 6.04 Å². The van der Waals surface area contributed by atoms with E-state index in [1.807, 2.05) is 18.2 Å². The zero-order valence-electron chi connectivity index (χ0n) is 11.7. The fraction of sp³-hybridized carbons (Fsp3) is 0.600. The Labute approximate surface area is 126 Å². The van der Waals surface area contributed by atoms with Gasteiger partial charge in [-0.25, -0.2) is 0 Å². The lowest BCUT2D eigenvalue weighted by Gasteiger charge is -2.16. The molecule has 2 nitrogen and oxygen atoms in total. The molecule has 1 N–H and O–H groups in total. The molecule has 1 atom stereocenters. The third kappa shape index (κ3) is 6.13. The number of halogens is 2. The molecular weight excluding hydrogens is 281 g/mol. The van der Waals surface area contributed by atoms with Crippen molar-refractivity contribution in [3.8, 4) is 0 Å². The molecule has 0 bridgehead atoms. The lowest BCUT2D eigenvalue weighted by Crippen LogP contribution is -2.21. The monoisotopic (exact) mass is 303 g/mol. The molecule has 0 saturated carbocycles. The van der Waals surface area contributed by atoms with Gasteiger partial charge in [-0.05, 0) is 37.9 Å². The average Bonchev–Trinajstić information content (AvgIpc) is 2.40. The van der Waals surface area contributed by atoms with Gasteiger partial charge in [0.2, 0.25) is 0 Å². The first-order chi connectivity index (χ1) is 9.16. The van der Waals surface area contributed by atoms with Crippen LogP contribution < -0.4 is 5.32 Å². The molecule has 1 aromatic carbocycles. The average molecular weight is 304 g/mol. The van der Waals surface area contributed by atoms with E-state index in [0.717, 1.165) is 38.2 Å². The van der Waals surface area contributed by atoms with E-state index in [0.29, 0.717) is 10.0 Å². The van der Waals surface area contributed by atoms with Gasteiger partial charge in [0.25, 0.3) is 0 Å². The van der Waals surface area contributed by atoms with Gasteiger partial charge in [0.15, 0.2) is 0 Å². The highest BCUT2D eigenvalue weighted by atomic mass is 35.5. The molecule has 0 aliphatic rings. The summed E-state index contributed by atoms with van der Waals surface area (Å²) in [5.41, 5.74) is 1.04. The molecule has 0 aliphatic heterocycles. The van der Waals surface area contributed by atoms with Crippen LogP contribution in [0, 0.1) is 0 Å². The molecule has 4 heteroatoms. The lowest BCUT2D eigenvalue weighted by atomic mass is 10.1. The molecule has 108 valence electrons. The van der Waals surface area contributed by atoms with Crippen LogP contribution in [0.15, 0.2) is 18.2 Å². The van der Waals surface area contributed by atoms with Gasteiger partial charge in [-0.1, -0.05) is 48.7 Å². The molecule has 0 radical (unpaired) electrons. The van der Waals surface area contributed by atoms with Crippen LogP contribution in [0.1, 0.15) is 44.7 Å². The number of ether oxygens (including phenoxy) is 1. The maximum atomic E-state index is 6.19. The highest BCUT2D eigenvalue weighted by Gasteiger charge is 2.10. The van der Waals surface area contributed by atoms with Crippen molar-refractivity contribution in [3.63, 3.8) is 0 Å². The van der Waals surface area contributed by atoms with Crippen molar-refractivity contribution in [2.75, 3.05) is 19.8 Å². The van der Waals surface area contributed by atoms with Crippen molar-refractivity contribution in [2.24, 2.45) is 0 Å². The first kappa shape index (κ1) is 16.8. The minimum absolute atomic E-state index is 0.196. The maximum Gasteiger partial charge on any atom is 0.0639 e. The van der Waals surface area contributed by atoms with Crippen LogP contribution in [0.3, 0.4) is 0 Å². The number of unbranched alkanes of at least 4 members (excludes halogenated alkanes) is 1. The second kappa shape index (κ2) is 9.60. The van der Waals surface area contributed by atoms with Crippen molar-refractivity contribution in [1.82, 2.24) is 5.32 Å². The Bertz CT molecular complexity index is 371. The van der Waals surface area contributed by atoms with Gasteiger partial charge < -0.3 is 10.1 Å². The van der Waals surface area contributed by atoms with Gasteiger partial charge in [-0.3, -0.25) is 0 Å². The standard InChI is InChI=1S/C15H23Cl2NO/c1-3-4-10-19-11-6-9-18-12(2)13-7-5-8-14(16)15(13)17/h5,7-8,12,18H,3-4,6,9-11H2,1-2H3. The Hall–Kier alpha value is -0.280. The molecular formula is C15H23Cl2NO. The Kier molecular flexibility index (Phi) is 8.47. The molecule has 1 aromatic rings. The molecule has 0 saturated heterocycles. The normalized spacial score (nSPS) is 12.6. The molecule has 0 fully saturated rings.